The molecule has 5 heteroatoms. The van der Waals surface area contributed by atoms with E-state index in [1.165, 1.54) is 0 Å². The van der Waals surface area contributed by atoms with Crippen molar-refractivity contribution < 1.29 is 19.1 Å². The number of carbonyl (C=O) groups excluding carboxylic acids is 2. The van der Waals surface area contributed by atoms with Crippen LogP contribution < -0.4 is 0 Å². The van der Waals surface area contributed by atoms with Crippen molar-refractivity contribution >= 4 is 11.9 Å². The van der Waals surface area contributed by atoms with Crippen LogP contribution in [-0.4, -0.2) is 49.2 Å². The van der Waals surface area contributed by atoms with E-state index in [-0.39, 0.29) is 35.9 Å². The zero-order valence-corrected chi connectivity index (χ0v) is 14.0. The van der Waals surface area contributed by atoms with Gasteiger partial charge in [-0.2, -0.15) is 0 Å². The topological polar surface area (TPSA) is 55.8 Å². The van der Waals surface area contributed by atoms with E-state index >= 15 is 0 Å². The summed E-state index contributed by atoms with van der Waals surface area (Å²) in [6.07, 6.45) is 1.34. The van der Waals surface area contributed by atoms with E-state index in [1.54, 1.807) is 4.90 Å². The first-order valence-corrected chi connectivity index (χ1v) is 7.75. The van der Waals surface area contributed by atoms with Crippen LogP contribution in [0, 0.1) is 11.3 Å². The molecule has 0 N–H and O–H groups in total. The van der Waals surface area contributed by atoms with Crippen LogP contribution in [-0.2, 0) is 14.3 Å². The Morgan fingerprint density at radius 1 is 1.19 bits per heavy atom. The van der Waals surface area contributed by atoms with Crippen molar-refractivity contribution in [1.29, 1.82) is 0 Å². The Bertz CT molecular complexity index is 352. The molecule has 1 aliphatic rings. The van der Waals surface area contributed by atoms with Crippen molar-refractivity contribution in [1.82, 2.24) is 4.90 Å². The van der Waals surface area contributed by atoms with Gasteiger partial charge in [-0.15, -0.1) is 0 Å². The molecule has 1 saturated heterocycles. The third-order valence-corrected chi connectivity index (χ3v) is 3.43. The fourth-order valence-electron chi connectivity index (χ4n) is 1.94. The van der Waals surface area contributed by atoms with E-state index in [9.17, 15) is 9.59 Å². The molecule has 1 fully saturated rings. The highest BCUT2D eigenvalue weighted by Crippen LogP contribution is 2.17. The summed E-state index contributed by atoms with van der Waals surface area (Å²) in [5, 5.41) is 0. The summed E-state index contributed by atoms with van der Waals surface area (Å²) in [5.74, 6) is 0.138. The van der Waals surface area contributed by atoms with Crippen molar-refractivity contribution in [2.45, 2.75) is 53.6 Å². The summed E-state index contributed by atoms with van der Waals surface area (Å²) in [5.41, 5.74) is -0.0195. The fourth-order valence-corrected chi connectivity index (χ4v) is 1.94. The number of ether oxygens (including phenoxy) is 2. The molecule has 1 heterocycles. The van der Waals surface area contributed by atoms with Gasteiger partial charge < -0.3 is 14.4 Å². The number of likely N-dealkylation sites (tertiary alicyclic amines) is 1. The number of rotatable bonds is 5. The second kappa shape index (κ2) is 7.78. The van der Waals surface area contributed by atoms with Crippen LogP contribution in [0.25, 0.3) is 0 Å². The lowest BCUT2D eigenvalue weighted by atomic mass is 9.99. The van der Waals surface area contributed by atoms with Gasteiger partial charge in [0.25, 0.3) is 0 Å². The number of hydrogen-bond donors (Lipinski definition) is 0. The zero-order valence-electron chi connectivity index (χ0n) is 14.0. The van der Waals surface area contributed by atoms with Gasteiger partial charge >= 0.3 is 6.09 Å². The third kappa shape index (κ3) is 6.93. The molecule has 122 valence electrons. The molecule has 0 bridgehead atoms. The number of nitrogens with zero attached hydrogens (tertiary/aromatic N) is 1. The normalized spacial score (nSPS) is 17.1. The third-order valence-electron chi connectivity index (χ3n) is 3.43. The molecule has 21 heavy (non-hydrogen) atoms. The van der Waals surface area contributed by atoms with Gasteiger partial charge in [0.2, 0.25) is 0 Å². The minimum atomic E-state index is -0.248. The highest BCUT2D eigenvalue weighted by Gasteiger charge is 2.25. The smallest absolute Gasteiger partial charge is 0.409 e. The number of hydrogen-bond acceptors (Lipinski definition) is 4. The van der Waals surface area contributed by atoms with E-state index in [1.807, 2.05) is 34.6 Å². The Morgan fingerprint density at radius 3 is 2.24 bits per heavy atom. The minimum Gasteiger partial charge on any atom is -0.449 e. The Morgan fingerprint density at radius 2 is 1.76 bits per heavy atom. The van der Waals surface area contributed by atoms with Gasteiger partial charge in [0.1, 0.15) is 6.61 Å². The van der Waals surface area contributed by atoms with Crippen LogP contribution in [0.2, 0.25) is 0 Å². The summed E-state index contributed by atoms with van der Waals surface area (Å²) in [7, 11) is 0. The number of carbonyl (C=O) groups is 2. The molecule has 0 unspecified atom stereocenters. The van der Waals surface area contributed by atoms with E-state index in [4.69, 9.17) is 9.47 Å². The molecule has 0 spiro atoms. The second-order valence-corrected chi connectivity index (χ2v) is 7.23. The predicted molar refractivity (Wildman–Crippen MR) is 81.2 cm³/mol. The van der Waals surface area contributed by atoms with Gasteiger partial charge in [0.05, 0.1) is 12.7 Å². The van der Waals surface area contributed by atoms with Crippen molar-refractivity contribution in [2.75, 3.05) is 26.3 Å². The maximum Gasteiger partial charge on any atom is 0.409 e. The van der Waals surface area contributed by atoms with E-state index in [0.29, 0.717) is 19.7 Å². The molecule has 1 amide bonds. The lowest BCUT2D eigenvalue weighted by Gasteiger charge is -2.32. The van der Waals surface area contributed by atoms with Crippen molar-refractivity contribution in [2.24, 2.45) is 11.3 Å². The molecular formula is C16H29NO4. The molecule has 0 aromatic carbocycles. The quantitative estimate of drug-likeness (QED) is 0.783. The van der Waals surface area contributed by atoms with Crippen LogP contribution in [0.1, 0.15) is 47.5 Å². The SMILES string of the molecule is CC(C)C(=O)COC1CCN(C(=O)OCC(C)(C)C)CC1. The first kappa shape index (κ1) is 18.0. The molecule has 0 aromatic rings. The second-order valence-electron chi connectivity index (χ2n) is 7.23. The number of Topliss-reactive ketones (excluding diaryl/α,β-unsaturated/α-hetero) is 1. The molecule has 0 radical (unpaired) electrons. The average Bonchev–Trinajstić information content (AvgIpc) is 2.41. The summed E-state index contributed by atoms with van der Waals surface area (Å²) in [6, 6.07) is 0. The van der Waals surface area contributed by atoms with Crippen LogP contribution >= 0.6 is 0 Å². The first-order chi connectivity index (χ1) is 9.69. The highest BCUT2D eigenvalue weighted by molar-refractivity contribution is 5.81. The lowest BCUT2D eigenvalue weighted by Crippen LogP contribution is -2.42. The largest absolute Gasteiger partial charge is 0.449 e. The highest BCUT2D eigenvalue weighted by atomic mass is 16.6. The van der Waals surface area contributed by atoms with E-state index < -0.39 is 0 Å². The maximum absolute atomic E-state index is 11.9. The Kier molecular flexibility index (Phi) is 6.65. The molecule has 0 saturated carbocycles. The molecule has 0 aliphatic carbocycles. The molecule has 1 rings (SSSR count). The standard InChI is InChI=1S/C16H29NO4/c1-12(2)14(18)10-20-13-6-8-17(9-7-13)15(19)21-11-16(3,4)5/h12-13H,6-11H2,1-5H3. The Labute approximate surface area is 128 Å². The van der Waals surface area contributed by atoms with Crippen molar-refractivity contribution in [3.8, 4) is 0 Å². The predicted octanol–water partition coefficient (Wildman–Crippen LogP) is 2.88. The molecule has 0 atom stereocenters. The van der Waals surface area contributed by atoms with Gasteiger partial charge in [0.15, 0.2) is 5.78 Å². The van der Waals surface area contributed by atoms with Gasteiger partial charge in [0, 0.05) is 19.0 Å². The van der Waals surface area contributed by atoms with Crippen LogP contribution in [0.5, 0.6) is 0 Å². The van der Waals surface area contributed by atoms with Gasteiger partial charge in [-0.05, 0) is 18.3 Å². The first-order valence-electron chi connectivity index (χ1n) is 7.75. The maximum atomic E-state index is 11.9. The monoisotopic (exact) mass is 299 g/mol. The summed E-state index contributed by atoms with van der Waals surface area (Å²) in [6.45, 7) is 11.7. The number of ketones is 1. The van der Waals surface area contributed by atoms with Crippen molar-refractivity contribution in [3.05, 3.63) is 0 Å². The number of amides is 1. The van der Waals surface area contributed by atoms with Crippen LogP contribution in [0.3, 0.4) is 0 Å². The lowest BCUT2D eigenvalue weighted by molar-refractivity contribution is -0.129. The average molecular weight is 299 g/mol. The molecular weight excluding hydrogens is 270 g/mol. The van der Waals surface area contributed by atoms with Crippen molar-refractivity contribution in [3.63, 3.8) is 0 Å². The Balaban J connectivity index is 2.25. The van der Waals surface area contributed by atoms with Gasteiger partial charge in [-0.3, -0.25) is 4.79 Å². The van der Waals surface area contributed by atoms with Crippen LogP contribution in [0.4, 0.5) is 4.79 Å². The molecule has 1 aliphatic heterocycles. The van der Waals surface area contributed by atoms with Gasteiger partial charge in [-0.25, -0.2) is 4.79 Å². The summed E-state index contributed by atoms with van der Waals surface area (Å²) in [4.78, 5) is 25.2. The Hall–Kier alpha value is -1.10. The molecule has 5 nitrogen and oxygen atoms in total. The number of piperidine rings is 1. The fraction of sp³-hybridized carbons (Fsp3) is 0.875. The van der Waals surface area contributed by atoms with Crippen LogP contribution in [0.15, 0.2) is 0 Å². The van der Waals surface area contributed by atoms with E-state index in [2.05, 4.69) is 0 Å². The zero-order chi connectivity index (χ0) is 16.0. The van der Waals surface area contributed by atoms with E-state index in [0.717, 1.165) is 12.8 Å². The summed E-state index contributed by atoms with van der Waals surface area (Å²) < 4.78 is 10.9. The minimum absolute atomic E-state index is 0.0115. The van der Waals surface area contributed by atoms with Gasteiger partial charge in [-0.1, -0.05) is 34.6 Å². The summed E-state index contributed by atoms with van der Waals surface area (Å²) >= 11 is 0. The molecule has 0 aromatic heterocycles.